The number of likely N-dealkylation sites (N-methyl/N-ethyl adjacent to an activating group) is 1. The van der Waals surface area contributed by atoms with Gasteiger partial charge in [0.05, 0.1) is 6.07 Å². The maximum atomic E-state index is 8.82. The topological polar surface area (TPSA) is 39.1 Å². The minimum atomic E-state index is -0.0174. The van der Waals surface area contributed by atoms with Crippen molar-refractivity contribution in [3.8, 4) is 6.07 Å². The molecule has 0 aliphatic carbocycles. The van der Waals surface area contributed by atoms with Gasteiger partial charge in [-0.25, -0.2) is 0 Å². The van der Waals surface area contributed by atoms with Crippen LogP contribution in [-0.4, -0.2) is 37.6 Å². The lowest BCUT2D eigenvalue weighted by molar-refractivity contribution is 0.128. The molecule has 3 nitrogen and oxygen atoms in total. The molecule has 1 aliphatic rings. The van der Waals surface area contributed by atoms with Crippen molar-refractivity contribution < 1.29 is 0 Å². The predicted molar refractivity (Wildman–Crippen MR) is 57.9 cm³/mol. The van der Waals surface area contributed by atoms with E-state index in [9.17, 15) is 0 Å². The van der Waals surface area contributed by atoms with Crippen LogP contribution in [0.5, 0.6) is 0 Å². The fourth-order valence-electron chi connectivity index (χ4n) is 1.80. The Bertz CT molecular complexity index is 207. The first-order chi connectivity index (χ1) is 6.57. The molecular formula is C11H21N3. The lowest BCUT2D eigenvalue weighted by Crippen LogP contribution is -2.44. The highest BCUT2D eigenvalue weighted by atomic mass is 15.2. The highest BCUT2D eigenvalue weighted by Crippen LogP contribution is 2.29. The third kappa shape index (κ3) is 3.28. The number of hydrogen-bond donors (Lipinski definition) is 1. The van der Waals surface area contributed by atoms with Crippen LogP contribution in [0.25, 0.3) is 0 Å². The van der Waals surface area contributed by atoms with Crippen molar-refractivity contribution in [3.63, 3.8) is 0 Å². The van der Waals surface area contributed by atoms with Gasteiger partial charge in [-0.3, -0.25) is 0 Å². The van der Waals surface area contributed by atoms with Crippen LogP contribution in [0.1, 0.15) is 26.7 Å². The van der Waals surface area contributed by atoms with Crippen LogP contribution < -0.4 is 5.32 Å². The van der Waals surface area contributed by atoms with Crippen LogP contribution in [-0.2, 0) is 0 Å². The molecule has 0 amide bonds. The molecule has 0 spiro atoms. The quantitative estimate of drug-likeness (QED) is 0.736. The second kappa shape index (κ2) is 4.77. The van der Waals surface area contributed by atoms with Crippen molar-refractivity contribution in [2.75, 3.05) is 26.7 Å². The fourth-order valence-corrected chi connectivity index (χ4v) is 1.80. The lowest BCUT2D eigenvalue weighted by Gasteiger charge is -2.37. The van der Waals surface area contributed by atoms with Gasteiger partial charge < -0.3 is 10.2 Å². The minimum Gasteiger partial charge on any atom is -0.304 e. The number of nitrogens with one attached hydrogen (secondary N) is 1. The van der Waals surface area contributed by atoms with Gasteiger partial charge in [-0.15, -0.1) is 0 Å². The van der Waals surface area contributed by atoms with Gasteiger partial charge in [-0.1, -0.05) is 13.8 Å². The molecule has 80 valence electrons. The second-order valence-electron chi connectivity index (χ2n) is 4.94. The fraction of sp³-hybridized carbons (Fsp3) is 0.909. The largest absolute Gasteiger partial charge is 0.304 e. The summed E-state index contributed by atoms with van der Waals surface area (Å²) in [5.41, 5.74) is 0.498. The zero-order chi connectivity index (χ0) is 10.6. The minimum absolute atomic E-state index is 0.0174. The van der Waals surface area contributed by atoms with E-state index >= 15 is 0 Å². The first-order valence-electron chi connectivity index (χ1n) is 5.36. The van der Waals surface area contributed by atoms with Crippen molar-refractivity contribution in [2.45, 2.75) is 32.7 Å². The van der Waals surface area contributed by atoms with Crippen molar-refractivity contribution in [2.24, 2.45) is 5.41 Å². The zero-order valence-electron chi connectivity index (χ0n) is 9.51. The number of likely N-dealkylation sites (tertiary alicyclic amines) is 1. The van der Waals surface area contributed by atoms with Crippen molar-refractivity contribution in [1.82, 2.24) is 10.2 Å². The van der Waals surface area contributed by atoms with E-state index in [2.05, 4.69) is 30.1 Å². The molecule has 1 saturated heterocycles. The number of rotatable bonds is 3. The third-order valence-electron chi connectivity index (χ3n) is 3.15. The van der Waals surface area contributed by atoms with Crippen LogP contribution >= 0.6 is 0 Å². The molecule has 3 heteroatoms. The van der Waals surface area contributed by atoms with E-state index in [0.29, 0.717) is 5.41 Å². The summed E-state index contributed by atoms with van der Waals surface area (Å²) in [4.78, 5) is 2.38. The maximum Gasteiger partial charge on any atom is 0.108 e. The summed E-state index contributed by atoms with van der Waals surface area (Å²) in [6, 6.07) is 2.25. The van der Waals surface area contributed by atoms with E-state index in [1.54, 1.807) is 0 Å². The molecular weight excluding hydrogens is 174 g/mol. The van der Waals surface area contributed by atoms with Gasteiger partial charge in [0.15, 0.2) is 0 Å². The molecule has 0 aromatic carbocycles. The van der Waals surface area contributed by atoms with Crippen molar-refractivity contribution in [1.29, 1.82) is 5.26 Å². The van der Waals surface area contributed by atoms with E-state index in [1.165, 1.54) is 12.8 Å². The third-order valence-corrected chi connectivity index (χ3v) is 3.15. The normalized spacial score (nSPS) is 24.1. The zero-order valence-corrected chi connectivity index (χ0v) is 9.51. The Labute approximate surface area is 87.1 Å². The summed E-state index contributed by atoms with van der Waals surface area (Å²) in [5, 5.41) is 11.8. The van der Waals surface area contributed by atoms with Gasteiger partial charge in [0.1, 0.15) is 6.04 Å². The molecule has 0 saturated carbocycles. The number of nitrogens with zero attached hydrogens (tertiary/aromatic N) is 2. The smallest absolute Gasteiger partial charge is 0.108 e. The van der Waals surface area contributed by atoms with E-state index in [1.807, 2.05) is 7.05 Å². The van der Waals surface area contributed by atoms with Crippen LogP contribution in [0, 0.1) is 16.7 Å². The number of hydrogen-bond acceptors (Lipinski definition) is 3. The Morgan fingerprint density at radius 3 is 2.43 bits per heavy atom. The average Bonchev–Trinajstić information content (AvgIpc) is 2.16. The summed E-state index contributed by atoms with van der Waals surface area (Å²) >= 11 is 0. The monoisotopic (exact) mass is 195 g/mol. The van der Waals surface area contributed by atoms with Gasteiger partial charge in [-0.2, -0.15) is 5.26 Å². The average molecular weight is 195 g/mol. The van der Waals surface area contributed by atoms with Gasteiger partial charge in [0.25, 0.3) is 0 Å². The van der Waals surface area contributed by atoms with E-state index < -0.39 is 0 Å². The van der Waals surface area contributed by atoms with Crippen molar-refractivity contribution >= 4 is 0 Å². The summed E-state index contributed by atoms with van der Waals surface area (Å²) in [6.07, 6.45) is 2.49. The molecule has 1 atom stereocenters. The highest BCUT2D eigenvalue weighted by molar-refractivity contribution is 4.92. The first-order valence-corrected chi connectivity index (χ1v) is 5.36. The van der Waals surface area contributed by atoms with Gasteiger partial charge in [0.2, 0.25) is 0 Å². The van der Waals surface area contributed by atoms with Gasteiger partial charge >= 0.3 is 0 Å². The van der Waals surface area contributed by atoms with Gasteiger partial charge in [0, 0.05) is 6.54 Å². The summed E-state index contributed by atoms with van der Waals surface area (Å²) in [6.45, 7) is 7.77. The Kier molecular flexibility index (Phi) is 3.91. The van der Waals surface area contributed by atoms with Crippen LogP contribution in [0.2, 0.25) is 0 Å². The number of piperidine rings is 1. The SMILES string of the molecule is CNC(C#N)CN1CCC(C)(C)CC1. The Morgan fingerprint density at radius 1 is 1.43 bits per heavy atom. The highest BCUT2D eigenvalue weighted by Gasteiger charge is 2.26. The molecule has 1 aliphatic heterocycles. The number of nitriles is 1. The second-order valence-corrected chi connectivity index (χ2v) is 4.94. The maximum absolute atomic E-state index is 8.82. The Balaban J connectivity index is 2.32. The van der Waals surface area contributed by atoms with Crippen molar-refractivity contribution in [3.05, 3.63) is 0 Å². The van der Waals surface area contributed by atoms with Crippen LogP contribution in [0.4, 0.5) is 0 Å². The van der Waals surface area contributed by atoms with E-state index in [-0.39, 0.29) is 6.04 Å². The molecule has 1 heterocycles. The molecule has 0 bridgehead atoms. The lowest BCUT2D eigenvalue weighted by atomic mass is 9.82. The Morgan fingerprint density at radius 2 is 2.00 bits per heavy atom. The molecule has 14 heavy (non-hydrogen) atoms. The molecule has 0 aromatic rings. The summed E-state index contributed by atoms with van der Waals surface area (Å²) in [7, 11) is 1.85. The summed E-state index contributed by atoms with van der Waals surface area (Å²) < 4.78 is 0. The molecule has 1 fully saturated rings. The van der Waals surface area contributed by atoms with Gasteiger partial charge in [-0.05, 0) is 38.4 Å². The Hall–Kier alpha value is -0.590. The predicted octanol–water partition coefficient (Wildman–Crippen LogP) is 1.22. The molecule has 1 N–H and O–H groups in total. The molecule has 0 radical (unpaired) electrons. The van der Waals surface area contributed by atoms with Crippen LogP contribution in [0.3, 0.4) is 0 Å². The standard InChI is InChI=1S/C11H21N3/c1-11(2)4-6-14(7-5-11)9-10(8-12)13-3/h10,13H,4-7,9H2,1-3H3. The molecule has 1 rings (SSSR count). The first kappa shape index (κ1) is 11.5. The van der Waals surface area contributed by atoms with E-state index in [0.717, 1.165) is 19.6 Å². The molecule has 1 unspecified atom stereocenters. The van der Waals surface area contributed by atoms with E-state index in [4.69, 9.17) is 5.26 Å². The summed E-state index contributed by atoms with van der Waals surface area (Å²) in [5.74, 6) is 0. The molecule has 0 aromatic heterocycles. The van der Waals surface area contributed by atoms with Crippen LogP contribution in [0.15, 0.2) is 0 Å².